The number of hydrogen-bond acceptors (Lipinski definition) is 4. The highest BCUT2D eigenvalue weighted by Gasteiger charge is 2.23. The van der Waals surface area contributed by atoms with E-state index in [9.17, 15) is 22.7 Å². The minimum Gasteiger partial charge on any atom is -0.481 e. The van der Waals surface area contributed by atoms with Crippen molar-refractivity contribution in [2.75, 3.05) is 6.54 Å². The summed E-state index contributed by atoms with van der Waals surface area (Å²) in [5.74, 6) is -2.55. The maximum absolute atomic E-state index is 14.3. The standard InChI is InChI=1S/C17H22FN3O4S/c1-11(2)6-13(17(22)23)9-20-26(24,25)14-4-5-16(15(18)7-14)21-10-12(3)8-19-21/h4-5,7-8,10-11,13,20H,6,9H2,1-3H3,(H,22,23). The summed E-state index contributed by atoms with van der Waals surface area (Å²) in [6.45, 7) is 5.27. The summed E-state index contributed by atoms with van der Waals surface area (Å²) in [4.78, 5) is 11.0. The smallest absolute Gasteiger partial charge is 0.307 e. The molecule has 2 aromatic rings. The van der Waals surface area contributed by atoms with Gasteiger partial charge in [0.25, 0.3) is 0 Å². The summed E-state index contributed by atoms with van der Waals surface area (Å²) in [5, 5.41) is 13.2. The Labute approximate surface area is 151 Å². The van der Waals surface area contributed by atoms with Crippen LogP contribution in [0.25, 0.3) is 5.69 Å². The topological polar surface area (TPSA) is 101 Å². The van der Waals surface area contributed by atoms with Crippen LogP contribution in [0, 0.1) is 24.6 Å². The van der Waals surface area contributed by atoms with Crippen LogP contribution in [-0.2, 0) is 14.8 Å². The predicted octanol–water partition coefficient (Wildman–Crippen LogP) is 2.35. The molecule has 0 aliphatic heterocycles. The first-order valence-electron chi connectivity index (χ1n) is 8.14. The third-order valence-electron chi connectivity index (χ3n) is 3.81. The molecule has 0 radical (unpaired) electrons. The van der Waals surface area contributed by atoms with Gasteiger partial charge in [0.1, 0.15) is 11.5 Å². The number of carboxylic acids is 1. The summed E-state index contributed by atoms with van der Waals surface area (Å²) >= 11 is 0. The molecule has 0 spiro atoms. The zero-order valence-electron chi connectivity index (χ0n) is 14.8. The van der Waals surface area contributed by atoms with Crippen molar-refractivity contribution >= 4 is 16.0 Å². The molecule has 0 fully saturated rings. The lowest BCUT2D eigenvalue weighted by Gasteiger charge is -2.16. The van der Waals surface area contributed by atoms with Crippen LogP contribution in [0.2, 0.25) is 0 Å². The Morgan fingerprint density at radius 1 is 1.38 bits per heavy atom. The van der Waals surface area contributed by atoms with Crippen LogP contribution in [0.3, 0.4) is 0 Å². The van der Waals surface area contributed by atoms with E-state index >= 15 is 0 Å². The minimum absolute atomic E-state index is 0.106. The van der Waals surface area contributed by atoms with Gasteiger partial charge >= 0.3 is 5.97 Å². The fourth-order valence-corrected chi connectivity index (χ4v) is 3.61. The normalized spacial score (nSPS) is 13.1. The molecule has 0 saturated carbocycles. The maximum atomic E-state index is 14.3. The highest BCUT2D eigenvalue weighted by molar-refractivity contribution is 7.89. The molecule has 0 amide bonds. The van der Waals surface area contributed by atoms with Gasteiger partial charge in [-0.3, -0.25) is 4.79 Å². The van der Waals surface area contributed by atoms with Gasteiger partial charge in [-0.25, -0.2) is 22.2 Å². The molecule has 26 heavy (non-hydrogen) atoms. The molecule has 1 aromatic carbocycles. The quantitative estimate of drug-likeness (QED) is 0.729. The number of rotatable bonds is 8. The third-order valence-corrected chi connectivity index (χ3v) is 5.23. The van der Waals surface area contributed by atoms with Crippen LogP contribution in [0.1, 0.15) is 25.8 Å². The second-order valence-electron chi connectivity index (χ2n) is 6.59. The molecule has 142 valence electrons. The predicted molar refractivity (Wildman–Crippen MR) is 94.0 cm³/mol. The molecule has 1 heterocycles. The van der Waals surface area contributed by atoms with Gasteiger partial charge in [0.05, 0.1) is 17.0 Å². The van der Waals surface area contributed by atoms with Crippen molar-refractivity contribution in [1.82, 2.24) is 14.5 Å². The first-order chi connectivity index (χ1) is 12.1. The van der Waals surface area contributed by atoms with Crippen molar-refractivity contribution in [2.24, 2.45) is 11.8 Å². The molecule has 1 aromatic heterocycles. The van der Waals surface area contributed by atoms with Gasteiger partial charge in [-0.05, 0) is 43.0 Å². The summed E-state index contributed by atoms with van der Waals surface area (Å²) in [5.41, 5.74) is 0.966. The number of hydrogen-bond donors (Lipinski definition) is 2. The van der Waals surface area contributed by atoms with E-state index in [0.29, 0.717) is 6.42 Å². The summed E-state index contributed by atoms with van der Waals surface area (Å²) in [7, 11) is -4.02. The molecular weight excluding hydrogens is 361 g/mol. The van der Waals surface area contributed by atoms with Gasteiger partial charge < -0.3 is 5.11 Å². The molecule has 0 aliphatic rings. The Bertz CT molecular complexity index is 893. The van der Waals surface area contributed by atoms with Gasteiger partial charge in [0.15, 0.2) is 0 Å². The summed E-state index contributed by atoms with van der Waals surface area (Å²) < 4.78 is 42.6. The number of nitrogens with one attached hydrogen (secondary N) is 1. The molecular formula is C17H22FN3O4S. The highest BCUT2D eigenvalue weighted by Crippen LogP contribution is 2.19. The first-order valence-corrected chi connectivity index (χ1v) is 9.62. The molecule has 1 unspecified atom stereocenters. The van der Waals surface area contributed by atoms with E-state index in [1.54, 1.807) is 19.3 Å². The van der Waals surface area contributed by atoms with Gasteiger partial charge in [0.2, 0.25) is 10.0 Å². The Kier molecular flexibility index (Phi) is 6.14. The molecule has 9 heteroatoms. The zero-order valence-corrected chi connectivity index (χ0v) is 15.6. The van der Waals surface area contributed by atoms with E-state index < -0.39 is 27.7 Å². The zero-order chi connectivity index (χ0) is 19.5. The molecule has 7 nitrogen and oxygen atoms in total. The lowest BCUT2D eigenvalue weighted by atomic mass is 9.98. The lowest BCUT2D eigenvalue weighted by molar-refractivity contribution is -0.142. The average Bonchev–Trinajstić information content (AvgIpc) is 2.97. The van der Waals surface area contributed by atoms with E-state index in [1.807, 2.05) is 13.8 Å². The van der Waals surface area contributed by atoms with Gasteiger partial charge in [-0.1, -0.05) is 13.8 Å². The van der Waals surface area contributed by atoms with E-state index in [1.165, 1.54) is 16.8 Å². The van der Waals surface area contributed by atoms with Crippen molar-refractivity contribution in [2.45, 2.75) is 32.1 Å². The second-order valence-corrected chi connectivity index (χ2v) is 8.36. The van der Waals surface area contributed by atoms with Crippen molar-refractivity contribution in [3.63, 3.8) is 0 Å². The number of benzene rings is 1. The Morgan fingerprint density at radius 3 is 2.58 bits per heavy atom. The molecule has 2 rings (SSSR count). The van der Waals surface area contributed by atoms with E-state index in [0.717, 1.165) is 11.6 Å². The summed E-state index contributed by atoms with van der Waals surface area (Å²) in [6.07, 6.45) is 3.52. The SMILES string of the molecule is Cc1cnn(-c2ccc(S(=O)(=O)NCC(CC(C)C)C(=O)O)cc2F)c1. The molecule has 0 aliphatic carbocycles. The fraction of sp³-hybridized carbons (Fsp3) is 0.412. The fourth-order valence-electron chi connectivity index (χ4n) is 2.52. The third kappa shape index (κ3) is 4.89. The van der Waals surface area contributed by atoms with Crippen molar-refractivity contribution in [3.8, 4) is 5.69 Å². The van der Waals surface area contributed by atoms with Gasteiger partial charge in [-0.2, -0.15) is 5.10 Å². The first kappa shape index (κ1) is 20.1. The number of aromatic nitrogens is 2. The van der Waals surface area contributed by atoms with Crippen LogP contribution in [0.4, 0.5) is 4.39 Å². The molecule has 2 N–H and O–H groups in total. The number of carbonyl (C=O) groups is 1. The largest absolute Gasteiger partial charge is 0.481 e. The Balaban J connectivity index is 2.18. The van der Waals surface area contributed by atoms with Crippen LogP contribution < -0.4 is 4.72 Å². The number of halogens is 1. The molecule has 1 atom stereocenters. The van der Waals surface area contributed by atoms with Crippen molar-refractivity contribution < 1.29 is 22.7 Å². The number of sulfonamides is 1. The highest BCUT2D eigenvalue weighted by atomic mass is 32.2. The van der Waals surface area contributed by atoms with Crippen LogP contribution in [-0.4, -0.2) is 35.8 Å². The van der Waals surface area contributed by atoms with Crippen LogP contribution >= 0.6 is 0 Å². The number of aryl methyl sites for hydroxylation is 1. The van der Waals surface area contributed by atoms with Crippen LogP contribution in [0.5, 0.6) is 0 Å². The number of carboxylic acid groups (broad SMARTS) is 1. The van der Waals surface area contributed by atoms with E-state index in [2.05, 4.69) is 9.82 Å². The molecule has 0 saturated heterocycles. The summed E-state index contributed by atoms with van der Waals surface area (Å²) in [6, 6.07) is 3.47. The van der Waals surface area contributed by atoms with E-state index in [4.69, 9.17) is 0 Å². The van der Waals surface area contributed by atoms with Gasteiger partial charge in [0, 0.05) is 12.7 Å². The van der Waals surface area contributed by atoms with E-state index in [-0.39, 0.29) is 23.0 Å². The lowest BCUT2D eigenvalue weighted by Crippen LogP contribution is -2.33. The Morgan fingerprint density at radius 2 is 2.08 bits per heavy atom. The second kappa shape index (κ2) is 7.96. The number of nitrogens with zero attached hydrogens (tertiary/aromatic N) is 2. The van der Waals surface area contributed by atoms with Crippen molar-refractivity contribution in [1.29, 1.82) is 0 Å². The average molecular weight is 383 g/mol. The van der Waals surface area contributed by atoms with Crippen LogP contribution in [0.15, 0.2) is 35.5 Å². The van der Waals surface area contributed by atoms with Crippen molar-refractivity contribution in [3.05, 3.63) is 42.0 Å². The molecule has 0 bridgehead atoms. The monoisotopic (exact) mass is 383 g/mol. The number of aliphatic carboxylic acids is 1. The van der Waals surface area contributed by atoms with Gasteiger partial charge in [-0.15, -0.1) is 0 Å². The maximum Gasteiger partial charge on any atom is 0.307 e. The minimum atomic E-state index is -4.02. The Hall–Kier alpha value is -2.26.